The normalized spacial score (nSPS) is 10.4. The van der Waals surface area contributed by atoms with Crippen LogP contribution in [0.15, 0.2) is 24.4 Å². The highest BCUT2D eigenvalue weighted by Crippen LogP contribution is 1.96. The third kappa shape index (κ3) is 2.95. The van der Waals surface area contributed by atoms with Crippen molar-refractivity contribution in [2.24, 2.45) is 0 Å². The highest BCUT2D eigenvalue weighted by Gasteiger charge is 2.07. The van der Waals surface area contributed by atoms with E-state index in [-0.39, 0.29) is 5.78 Å². The molecule has 0 aliphatic carbocycles. The van der Waals surface area contributed by atoms with Crippen LogP contribution in [0.25, 0.3) is 0 Å². The van der Waals surface area contributed by atoms with Gasteiger partial charge < -0.3 is 0 Å². The lowest BCUT2D eigenvalue weighted by atomic mass is 10.2. The van der Waals surface area contributed by atoms with E-state index in [1.165, 1.54) is 0 Å². The average Bonchev–Trinajstić information content (AvgIpc) is 2.19. The summed E-state index contributed by atoms with van der Waals surface area (Å²) >= 11 is 0. The van der Waals surface area contributed by atoms with Gasteiger partial charge in [-0.3, -0.25) is 14.7 Å². The summed E-state index contributed by atoms with van der Waals surface area (Å²) in [7, 11) is 1.86. The number of carbonyl (C=O) groups excluding carboxylic acids is 1. The fourth-order valence-electron chi connectivity index (χ4n) is 0.933. The minimum atomic E-state index is 0.0340. The molecule has 0 amide bonds. The summed E-state index contributed by atoms with van der Waals surface area (Å²) in [6.07, 6.45) is 1.62. The van der Waals surface area contributed by atoms with E-state index in [1.54, 1.807) is 18.3 Å². The molecular weight excluding hydrogens is 164 g/mol. The zero-order valence-electron chi connectivity index (χ0n) is 7.73. The summed E-state index contributed by atoms with van der Waals surface area (Å²) in [4.78, 5) is 17.3. The topological polar surface area (TPSA) is 33.2 Å². The first-order valence-corrected chi connectivity index (χ1v) is 4.16. The van der Waals surface area contributed by atoms with Gasteiger partial charge in [0, 0.05) is 6.20 Å². The fourth-order valence-corrected chi connectivity index (χ4v) is 0.933. The van der Waals surface area contributed by atoms with E-state index in [9.17, 15) is 4.79 Å². The number of aromatic nitrogens is 1. The molecule has 1 aromatic heterocycles. The van der Waals surface area contributed by atoms with Crippen LogP contribution in [0.2, 0.25) is 0 Å². The predicted molar refractivity (Wildman–Crippen MR) is 51.4 cm³/mol. The van der Waals surface area contributed by atoms with Crippen molar-refractivity contribution < 1.29 is 4.79 Å². The Balaban J connectivity index is 2.59. The Morgan fingerprint density at radius 3 is 2.92 bits per heavy atom. The van der Waals surface area contributed by atoms with Crippen molar-refractivity contribution in [3.05, 3.63) is 37.0 Å². The van der Waals surface area contributed by atoms with Gasteiger partial charge in [0.05, 0.1) is 6.54 Å². The van der Waals surface area contributed by atoms with Gasteiger partial charge in [0.2, 0.25) is 0 Å². The summed E-state index contributed by atoms with van der Waals surface area (Å²) in [5, 5.41) is 0. The number of likely N-dealkylation sites (N-methyl/N-ethyl adjacent to an activating group) is 1. The largest absolute Gasteiger partial charge is 0.299 e. The van der Waals surface area contributed by atoms with Crippen LogP contribution in [0.4, 0.5) is 0 Å². The fraction of sp³-hybridized carbons (Fsp3) is 0.300. The first-order chi connectivity index (χ1) is 6.24. The molecule has 13 heavy (non-hydrogen) atoms. The monoisotopic (exact) mass is 177 g/mol. The van der Waals surface area contributed by atoms with Gasteiger partial charge in [0.1, 0.15) is 5.69 Å². The summed E-state index contributed by atoms with van der Waals surface area (Å²) in [5.41, 5.74) is 0.516. The Kier molecular flexibility index (Phi) is 3.58. The number of hydrogen-bond acceptors (Lipinski definition) is 3. The zero-order chi connectivity index (χ0) is 9.68. The minimum absolute atomic E-state index is 0.0340. The lowest BCUT2D eigenvalue weighted by Gasteiger charge is -2.11. The van der Waals surface area contributed by atoms with Gasteiger partial charge in [-0.2, -0.15) is 0 Å². The Morgan fingerprint density at radius 1 is 1.62 bits per heavy atom. The quantitative estimate of drug-likeness (QED) is 0.644. The van der Waals surface area contributed by atoms with Gasteiger partial charge in [-0.05, 0) is 32.6 Å². The number of Topliss-reactive ketones (excluding diaryl/α,β-unsaturated/α-hetero) is 1. The van der Waals surface area contributed by atoms with Gasteiger partial charge in [-0.1, -0.05) is 6.07 Å². The van der Waals surface area contributed by atoms with Crippen molar-refractivity contribution in [1.82, 2.24) is 9.88 Å². The minimum Gasteiger partial charge on any atom is -0.299 e. The van der Waals surface area contributed by atoms with Crippen molar-refractivity contribution in [1.29, 1.82) is 0 Å². The van der Waals surface area contributed by atoms with Crippen molar-refractivity contribution in [2.75, 3.05) is 20.1 Å². The molecular formula is C10H13N2O. The third-order valence-electron chi connectivity index (χ3n) is 1.75. The Hall–Kier alpha value is -1.22. The number of pyridine rings is 1. The Morgan fingerprint density at radius 2 is 2.38 bits per heavy atom. The molecule has 0 aromatic carbocycles. The van der Waals surface area contributed by atoms with Crippen LogP contribution in [0.3, 0.4) is 0 Å². The smallest absolute Gasteiger partial charge is 0.195 e. The summed E-state index contributed by atoms with van der Waals surface area (Å²) in [5.74, 6) is 0.0340. The molecule has 0 saturated heterocycles. The standard InChI is InChI=1S/C10H13N2O/c1-3-12(2)8-10(13)9-6-4-5-7-11-9/h4-7H,1,3,8H2,2H3. The van der Waals surface area contributed by atoms with Gasteiger partial charge in [0.25, 0.3) is 0 Å². The average molecular weight is 177 g/mol. The first kappa shape index (κ1) is 9.86. The summed E-state index contributed by atoms with van der Waals surface area (Å²) in [6.45, 7) is 4.68. The van der Waals surface area contributed by atoms with Crippen LogP contribution in [0.5, 0.6) is 0 Å². The van der Waals surface area contributed by atoms with E-state index < -0.39 is 0 Å². The molecule has 0 spiro atoms. The maximum absolute atomic E-state index is 11.5. The molecule has 3 heteroatoms. The molecule has 0 aliphatic rings. The third-order valence-corrected chi connectivity index (χ3v) is 1.75. The highest BCUT2D eigenvalue weighted by molar-refractivity contribution is 5.95. The van der Waals surface area contributed by atoms with Gasteiger partial charge in [0.15, 0.2) is 5.78 Å². The van der Waals surface area contributed by atoms with E-state index in [1.807, 2.05) is 18.0 Å². The van der Waals surface area contributed by atoms with Crippen LogP contribution in [0, 0.1) is 6.92 Å². The van der Waals surface area contributed by atoms with E-state index in [2.05, 4.69) is 11.9 Å². The Bertz CT molecular complexity index is 272. The molecule has 0 N–H and O–H groups in total. The number of rotatable bonds is 4. The molecule has 0 unspecified atom stereocenters. The van der Waals surface area contributed by atoms with Gasteiger partial charge >= 0.3 is 0 Å². The maximum Gasteiger partial charge on any atom is 0.195 e. The number of ketones is 1. The number of carbonyl (C=O) groups is 1. The SMILES string of the molecule is [CH2]CN(C)CC(=O)c1ccccn1. The van der Waals surface area contributed by atoms with Crippen molar-refractivity contribution in [2.45, 2.75) is 0 Å². The van der Waals surface area contributed by atoms with E-state index in [0.717, 1.165) is 0 Å². The molecule has 3 nitrogen and oxygen atoms in total. The molecule has 69 valence electrons. The number of nitrogens with zero attached hydrogens (tertiary/aromatic N) is 2. The van der Waals surface area contributed by atoms with Crippen molar-refractivity contribution in [3.8, 4) is 0 Å². The van der Waals surface area contributed by atoms with E-state index in [0.29, 0.717) is 18.8 Å². The second kappa shape index (κ2) is 4.72. The van der Waals surface area contributed by atoms with Crippen LogP contribution >= 0.6 is 0 Å². The molecule has 1 radical (unpaired) electrons. The molecule has 1 heterocycles. The molecule has 1 rings (SSSR count). The van der Waals surface area contributed by atoms with Crippen molar-refractivity contribution >= 4 is 5.78 Å². The second-order valence-electron chi connectivity index (χ2n) is 2.88. The molecule has 0 saturated carbocycles. The second-order valence-corrected chi connectivity index (χ2v) is 2.88. The summed E-state index contributed by atoms with van der Waals surface area (Å²) < 4.78 is 0. The maximum atomic E-state index is 11.5. The first-order valence-electron chi connectivity index (χ1n) is 4.16. The molecule has 0 fully saturated rings. The van der Waals surface area contributed by atoms with Gasteiger partial charge in [-0.25, -0.2) is 0 Å². The molecule has 1 aromatic rings. The van der Waals surface area contributed by atoms with Crippen LogP contribution in [-0.2, 0) is 0 Å². The van der Waals surface area contributed by atoms with Crippen LogP contribution in [-0.4, -0.2) is 35.8 Å². The van der Waals surface area contributed by atoms with E-state index in [4.69, 9.17) is 0 Å². The summed E-state index contributed by atoms with van der Waals surface area (Å²) in [6, 6.07) is 5.32. The molecule has 0 bridgehead atoms. The van der Waals surface area contributed by atoms with E-state index >= 15 is 0 Å². The molecule has 0 aliphatic heterocycles. The predicted octanol–water partition coefficient (Wildman–Crippen LogP) is 1.03. The molecule has 0 atom stereocenters. The highest BCUT2D eigenvalue weighted by atomic mass is 16.1. The van der Waals surface area contributed by atoms with Gasteiger partial charge in [-0.15, -0.1) is 0 Å². The van der Waals surface area contributed by atoms with Crippen LogP contribution < -0.4 is 0 Å². The number of hydrogen-bond donors (Lipinski definition) is 0. The van der Waals surface area contributed by atoms with Crippen molar-refractivity contribution in [3.63, 3.8) is 0 Å². The Labute approximate surface area is 78.4 Å². The van der Waals surface area contributed by atoms with Crippen LogP contribution in [0.1, 0.15) is 10.5 Å². The lowest BCUT2D eigenvalue weighted by molar-refractivity contribution is 0.0946. The zero-order valence-corrected chi connectivity index (χ0v) is 7.73. The lowest BCUT2D eigenvalue weighted by Crippen LogP contribution is -2.26.